The highest BCUT2D eigenvalue weighted by atomic mass is 32.1. The molecule has 1 atom stereocenters. The van der Waals surface area contributed by atoms with Crippen molar-refractivity contribution in [3.63, 3.8) is 0 Å². The summed E-state index contributed by atoms with van der Waals surface area (Å²) in [4.78, 5) is 0. The number of nitriles is 1. The molecule has 2 aromatic carbocycles. The molecule has 2 N–H and O–H groups in total. The lowest BCUT2D eigenvalue weighted by molar-refractivity contribution is 0.420. The van der Waals surface area contributed by atoms with Gasteiger partial charge in [-0.1, -0.05) is 56.3 Å². The zero-order chi connectivity index (χ0) is 18.3. The number of hydrogen-bond donors (Lipinski definition) is 2. The standard InChI is InChI=1S/C21H25N3S/c1-16(15-21(2,3)18-7-5-4-6-8-18)23-20(25)24-19-11-9-17(10-12-19)13-14-22/h4-12,16H,13,15H2,1-3H3,(H2,23,24,25)/t16-/m1/s1. The van der Waals surface area contributed by atoms with Crippen LogP contribution in [0.1, 0.15) is 38.3 Å². The summed E-state index contributed by atoms with van der Waals surface area (Å²) < 4.78 is 0. The minimum atomic E-state index is 0.0717. The average molecular weight is 352 g/mol. The first-order chi connectivity index (χ1) is 11.9. The Hall–Kier alpha value is -2.38. The monoisotopic (exact) mass is 351 g/mol. The van der Waals surface area contributed by atoms with Gasteiger partial charge in [0, 0.05) is 11.7 Å². The van der Waals surface area contributed by atoms with Crippen LogP contribution in [0.2, 0.25) is 0 Å². The quantitative estimate of drug-likeness (QED) is 0.734. The van der Waals surface area contributed by atoms with E-state index in [0.717, 1.165) is 17.7 Å². The van der Waals surface area contributed by atoms with Gasteiger partial charge in [-0.2, -0.15) is 5.26 Å². The van der Waals surface area contributed by atoms with Crippen molar-refractivity contribution in [1.82, 2.24) is 5.32 Å². The van der Waals surface area contributed by atoms with Crippen molar-refractivity contribution in [3.8, 4) is 6.07 Å². The van der Waals surface area contributed by atoms with E-state index in [-0.39, 0.29) is 11.5 Å². The summed E-state index contributed by atoms with van der Waals surface area (Å²) in [5, 5.41) is 15.9. The van der Waals surface area contributed by atoms with Crippen LogP contribution in [0.25, 0.3) is 0 Å². The Morgan fingerprint density at radius 3 is 2.36 bits per heavy atom. The fourth-order valence-electron chi connectivity index (χ4n) is 3.01. The number of nitrogens with zero attached hydrogens (tertiary/aromatic N) is 1. The van der Waals surface area contributed by atoms with Crippen LogP contribution in [0.3, 0.4) is 0 Å². The van der Waals surface area contributed by atoms with Crippen molar-refractivity contribution in [1.29, 1.82) is 5.26 Å². The number of hydrogen-bond acceptors (Lipinski definition) is 2. The topological polar surface area (TPSA) is 47.8 Å². The molecule has 0 amide bonds. The van der Waals surface area contributed by atoms with E-state index in [9.17, 15) is 0 Å². The summed E-state index contributed by atoms with van der Waals surface area (Å²) in [7, 11) is 0. The third kappa shape index (κ3) is 5.88. The van der Waals surface area contributed by atoms with Crippen molar-refractivity contribution < 1.29 is 0 Å². The molecule has 3 nitrogen and oxygen atoms in total. The molecule has 130 valence electrons. The van der Waals surface area contributed by atoms with Gasteiger partial charge in [0.15, 0.2) is 5.11 Å². The summed E-state index contributed by atoms with van der Waals surface area (Å²) in [6.07, 6.45) is 1.40. The van der Waals surface area contributed by atoms with E-state index in [2.05, 4.69) is 61.7 Å². The molecule has 0 bridgehead atoms. The summed E-state index contributed by atoms with van der Waals surface area (Å²) >= 11 is 5.43. The zero-order valence-electron chi connectivity index (χ0n) is 15.0. The van der Waals surface area contributed by atoms with Crippen molar-refractivity contribution >= 4 is 23.0 Å². The molecule has 0 saturated heterocycles. The van der Waals surface area contributed by atoms with E-state index < -0.39 is 0 Å². The lowest BCUT2D eigenvalue weighted by atomic mass is 9.79. The lowest BCUT2D eigenvalue weighted by Gasteiger charge is -2.29. The molecule has 0 aliphatic rings. The Labute approximate surface area is 156 Å². The second-order valence-electron chi connectivity index (χ2n) is 6.99. The maximum atomic E-state index is 8.71. The van der Waals surface area contributed by atoms with Gasteiger partial charge < -0.3 is 10.6 Å². The Kier molecular flexibility index (Phi) is 6.55. The van der Waals surface area contributed by atoms with Gasteiger partial charge in [-0.3, -0.25) is 0 Å². The molecule has 25 heavy (non-hydrogen) atoms. The first kappa shape index (κ1) is 19.0. The maximum absolute atomic E-state index is 8.71. The Balaban J connectivity index is 1.88. The largest absolute Gasteiger partial charge is 0.360 e. The van der Waals surface area contributed by atoms with Gasteiger partial charge in [-0.25, -0.2) is 0 Å². The number of thiocarbonyl (C=S) groups is 1. The maximum Gasteiger partial charge on any atom is 0.170 e. The molecule has 4 heteroatoms. The van der Waals surface area contributed by atoms with Gasteiger partial charge >= 0.3 is 0 Å². The van der Waals surface area contributed by atoms with Gasteiger partial charge in [0.2, 0.25) is 0 Å². The first-order valence-electron chi connectivity index (χ1n) is 8.49. The molecule has 0 fully saturated rings. The Morgan fingerprint density at radius 2 is 1.76 bits per heavy atom. The molecular formula is C21H25N3S. The summed E-state index contributed by atoms with van der Waals surface area (Å²) in [6.45, 7) is 6.66. The Morgan fingerprint density at radius 1 is 1.12 bits per heavy atom. The highest BCUT2D eigenvalue weighted by molar-refractivity contribution is 7.80. The number of nitrogens with one attached hydrogen (secondary N) is 2. The average Bonchev–Trinajstić information content (AvgIpc) is 2.57. The first-order valence-corrected chi connectivity index (χ1v) is 8.90. The molecule has 0 aliphatic heterocycles. The van der Waals surface area contributed by atoms with Crippen molar-refractivity contribution in [2.24, 2.45) is 0 Å². The fourth-order valence-corrected chi connectivity index (χ4v) is 3.33. The van der Waals surface area contributed by atoms with Crippen LogP contribution in [0, 0.1) is 11.3 Å². The molecular weight excluding hydrogens is 326 g/mol. The van der Waals surface area contributed by atoms with Crippen LogP contribution in [0.4, 0.5) is 5.69 Å². The lowest BCUT2D eigenvalue weighted by Crippen LogP contribution is -2.39. The van der Waals surface area contributed by atoms with Crippen LogP contribution in [0.5, 0.6) is 0 Å². The van der Waals surface area contributed by atoms with E-state index in [1.54, 1.807) is 0 Å². The highest BCUT2D eigenvalue weighted by Gasteiger charge is 2.23. The molecule has 0 unspecified atom stereocenters. The fraction of sp³-hybridized carbons (Fsp3) is 0.333. The second-order valence-corrected chi connectivity index (χ2v) is 7.39. The molecule has 0 heterocycles. The molecule has 0 aliphatic carbocycles. The SMILES string of the molecule is C[C@H](CC(C)(C)c1ccccc1)NC(=S)Nc1ccc(CC#N)cc1. The summed E-state index contributed by atoms with van der Waals surface area (Å²) in [6, 6.07) is 20.7. The molecule has 0 spiro atoms. The molecule has 2 aromatic rings. The van der Waals surface area contributed by atoms with Gasteiger partial charge in [0.25, 0.3) is 0 Å². The number of rotatable bonds is 6. The number of anilines is 1. The second kappa shape index (κ2) is 8.64. The van der Waals surface area contributed by atoms with E-state index >= 15 is 0 Å². The van der Waals surface area contributed by atoms with E-state index in [0.29, 0.717) is 11.5 Å². The molecule has 0 aromatic heterocycles. The third-order valence-corrected chi connectivity index (χ3v) is 4.46. The molecule has 0 radical (unpaired) electrons. The van der Waals surface area contributed by atoms with E-state index in [1.807, 2.05) is 30.3 Å². The normalized spacial score (nSPS) is 12.1. The van der Waals surface area contributed by atoms with Crippen LogP contribution in [-0.4, -0.2) is 11.2 Å². The minimum absolute atomic E-state index is 0.0717. The van der Waals surface area contributed by atoms with Crippen LogP contribution in [0.15, 0.2) is 54.6 Å². The van der Waals surface area contributed by atoms with Gasteiger partial charge in [-0.05, 0) is 54.2 Å². The van der Waals surface area contributed by atoms with Crippen molar-refractivity contribution in [3.05, 3.63) is 65.7 Å². The van der Waals surface area contributed by atoms with Gasteiger partial charge in [-0.15, -0.1) is 0 Å². The van der Waals surface area contributed by atoms with Crippen LogP contribution < -0.4 is 10.6 Å². The van der Waals surface area contributed by atoms with E-state index in [4.69, 9.17) is 17.5 Å². The summed E-state index contributed by atoms with van der Waals surface area (Å²) in [5.74, 6) is 0. The van der Waals surface area contributed by atoms with Crippen molar-refractivity contribution in [2.45, 2.75) is 45.1 Å². The third-order valence-electron chi connectivity index (χ3n) is 4.24. The predicted octanol–water partition coefficient (Wildman–Crippen LogP) is 4.80. The molecule has 2 rings (SSSR count). The van der Waals surface area contributed by atoms with Crippen molar-refractivity contribution in [2.75, 3.05) is 5.32 Å². The van der Waals surface area contributed by atoms with E-state index in [1.165, 1.54) is 5.56 Å². The zero-order valence-corrected chi connectivity index (χ0v) is 15.9. The Bertz CT molecular complexity index is 730. The molecule has 0 saturated carbocycles. The predicted molar refractivity (Wildman–Crippen MR) is 109 cm³/mol. The van der Waals surface area contributed by atoms with Gasteiger partial charge in [0.1, 0.15) is 0 Å². The smallest absolute Gasteiger partial charge is 0.170 e. The van der Waals surface area contributed by atoms with Crippen LogP contribution in [-0.2, 0) is 11.8 Å². The highest BCUT2D eigenvalue weighted by Crippen LogP contribution is 2.28. The van der Waals surface area contributed by atoms with Crippen LogP contribution >= 0.6 is 12.2 Å². The summed E-state index contributed by atoms with van der Waals surface area (Å²) in [5.41, 5.74) is 3.33. The minimum Gasteiger partial charge on any atom is -0.360 e. The number of benzene rings is 2. The van der Waals surface area contributed by atoms with Gasteiger partial charge in [0.05, 0.1) is 12.5 Å².